The van der Waals surface area contributed by atoms with E-state index in [1.54, 1.807) is 0 Å². The zero-order chi connectivity index (χ0) is 20.5. The summed E-state index contributed by atoms with van der Waals surface area (Å²) < 4.78 is 0. The van der Waals surface area contributed by atoms with E-state index < -0.39 is 0 Å². The summed E-state index contributed by atoms with van der Waals surface area (Å²) in [6, 6.07) is 0. The zero-order valence-electron chi connectivity index (χ0n) is 17.6. The van der Waals surface area contributed by atoms with Gasteiger partial charge in [-0.05, 0) is 61.3 Å². The van der Waals surface area contributed by atoms with Crippen LogP contribution in [0, 0.1) is 18.8 Å². The average Bonchev–Trinajstić information content (AvgIpc) is 2.96. The van der Waals surface area contributed by atoms with E-state index in [2.05, 4.69) is 47.4 Å². The van der Waals surface area contributed by atoms with Gasteiger partial charge in [-0.15, -0.1) is 0 Å². The maximum Gasteiger partial charge on any atom is 0.223 e. The number of amides is 1. The summed E-state index contributed by atoms with van der Waals surface area (Å²) in [7, 11) is 0. The van der Waals surface area contributed by atoms with Gasteiger partial charge in [0.1, 0.15) is 0 Å². The van der Waals surface area contributed by atoms with E-state index in [9.17, 15) is 4.79 Å². The highest BCUT2D eigenvalue weighted by Crippen LogP contribution is 2.26. The molecule has 2 aliphatic rings. The number of carbonyl (C=O) groups is 1. The number of carbonyl (C=O) groups excluding carboxylic acids is 1. The second-order valence-corrected chi connectivity index (χ2v) is 8.00. The Morgan fingerprint density at radius 2 is 2.03 bits per heavy atom. The van der Waals surface area contributed by atoms with E-state index in [0.29, 0.717) is 12.5 Å². The molecule has 2 atom stereocenters. The first-order valence-electron chi connectivity index (χ1n) is 10.9. The number of aryl methyl sites for hydroxylation is 1. The highest BCUT2D eigenvalue weighted by molar-refractivity contribution is 5.79. The van der Waals surface area contributed by atoms with Gasteiger partial charge in [-0.3, -0.25) is 4.79 Å². The number of hydrogen-bond acceptors (Lipinski definition) is 2. The van der Waals surface area contributed by atoms with Gasteiger partial charge in [-0.25, -0.2) is 0 Å². The topological polar surface area (TPSA) is 48.1 Å². The third-order valence-electron chi connectivity index (χ3n) is 5.83. The molecule has 2 N–H and O–H groups in total. The molecule has 0 saturated carbocycles. The van der Waals surface area contributed by atoms with Crippen molar-refractivity contribution in [3.8, 4) is 0 Å². The summed E-state index contributed by atoms with van der Waals surface area (Å²) in [5.41, 5.74) is 3.86. The average molecular weight is 393 g/mol. The molecule has 0 bridgehead atoms. The molecule has 0 aromatic carbocycles. The lowest BCUT2D eigenvalue weighted by molar-refractivity contribution is -0.125. The van der Waals surface area contributed by atoms with Gasteiger partial charge < -0.3 is 15.2 Å². The molecule has 0 spiro atoms. The molecule has 1 aliphatic carbocycles. The molecule has 4 nitrogen and oxygen atoms in total. The molecule has 1 radical (unpaired) electrons. The first kappa shape index (κ1) is 21.2. The van der Waals surface area contributed by atoms with Gasteiger partial charge >= 0.3 is 0 Å². The van der Waals surface area contributed by atoms with Crippen LogP contribution in [0.5, 0.6) is 0 Å². The normalized spacial score (nSPS) is 17.1. The van der Waals surface area contributed by atoms with Gasteiger partial charge in [0, 0.05) is 43.3 Å². The highest BCUT2D eigenvalue weighted by atomic mass is 16.1. The van der Waals surface area contributed by atoms with Crippen molar-refractivity contribution in [2.24, 2.45) is 11.8 Å². The molecule has 1 unspecified atom stereocenters. The lowest BCUT2D eigenvalue weighted by atomic mass is 9.88. The minimum Gasteiger partial charge on any atom is -0.364 e. The van der Waals surface area contributed by atoms with Crippen LogP contribution >= 0.6 is 0 Å². The van der Waals surface area contributed by atoms with Crippen molar-refractivity contribution in [2.75, 3.05) is 13.1 Å². The standard InChI is InChI=1S/C25H34N3O/c1-3-20(2)12-13-21(18-22-19-27-24-11-7-6-10-23(22)24)25(29)26-14-17-28-15-8-4-5-9-16-28/h4-6,8-10,15-16,19-21,27H,2-3,7,11-14,17-18H2,1H3,(H,26,29)/t20?,21-/m0/s1. The zero-order valence-corrected chi connectivity index (χ0v) is 17.6. The summed E-state index contributed by atoms with van der Waals surface area (Å²) in [4.78, 5) is 18.5. The second kappa shape index (κ2) is 10.9. The molecule has 4 heteroatoms. The maximum atomic E-state index is 13.0. The number of H-pyrrole nitrogens is 1. The highest BCUT2D eigenvalue weighted by Gasteiger charge is 2.22. The smallest absolute Gasteiger partial charge is 0.223 e. The van der Waals surface area contributed by atoms with Crippen LogP contribution in [0.3, 0.4) is 0 Å². The largest absolute Gasteiger partial charge is 0.364 e. The fourth-order valence-electron chi connectivity index (χ4n) is 3.87. The molecule has 3 rings (SSSR count). The number of hydrogen-bond donors (Lipinski definition) is 2. The van der Waals surface area contributed by atoms with Crippen LogP contribution in [-0.2, 0) is 17.6 Å². The first-order chi connectivity index (χ1) is 14.2. The summed E-state index contributed by atoms with van der Waals surface area (Å²) in [5, 5.41) is 3.17. The lowest BCUT2D eigenvalue weighted by Gasteiger charge is -2.20. The molecular weight excluding hydrogens is 358 g/mol. The molecule has 0 fully saturated rings. The van der Waals surface area contributed by atoms with Crippen LogP contribution in [0.2, 0.25) is 0 Å². The maximum absolute atomic E-state index is 13.0. The van der Waals surface area contributed by atoms with Crippen LogP contribution < -0.4 is 5.32 Å². The fourth-order valence-corrected chi connectivity index (χ4v) is 3.87. The fraction of sp³-hybridized carbons (Fsp3) is 0.440. The molecular formula is C25H34N3O. The SMILES string of the molecule is [CH2]C(CC)CC[C@@H](Cc1c[nH]c2c1C=CCC2)C(=O)NCCN1C=CC=CC=C1. The Labute approximate surface area is 175 Å². The van der Waals surface area contributed by atoms with Gasteiger partial charge in [0.25, 0.3) is 0 Å². The number of aromatic amines is 1. The number of nitrogens with zero attached hydrogens (tertiary/aromatic N) is 1. The number of rotatable bonds is 10. The van der Waals surface area contributed by atoms with Crippen molar-refractivity contribution >= 4 is 12.0 Å². The predicted octanol–water partition coefficient (Wildman–Crippen LogP) is 4.79. The van der Waals surface area contributed by atoms with Crippen LogP contribution in [-0.4, -0.2) is 28.9 Å². The number of aromatic nitrogens is 1. The van der Waals surface area contributed by atoms with Crippen LogP contribution in [0.25, 0.3) is 6.08 Å². The Bertz CT molecular complexity index is 768. The quantitative estimate of drug-likeness (QED) is 0.601. The van der Waals surface area contributed by atoms with Crippen molar-refractivity contribution in [2.45, 2.75) is 45.4 Å². The second-order valence-electron chi connectivity index (χ2n) is 8.00. The van der Waals surface area contributed by atoms with Crippen LogP contribution in [0.15, 0.2) is 49.0 Å². The van der Waals surface area contributed by atoms with Gasteiger partial charge in [-0.1, -0.05) is 44.6 Å². The summed E-state index contributed by atoms with van der Waals surface area (Å²) in [5.74, 6) is 0.548. The van der Waals surface area contributed by atoms with E-state index in [4.69, 9.17) is 0 Å². The number of nitrogens with one attached hydrogen (secondary N) is 2. The number of allylic oxidation sites excluding steroid dienone is 5. The first-order valence-corrected chi connectivity index (χ1v) is 10.9. The lowest BCUT2D eigenvalue weighted by Crippen LogP contribution is -2.36. The summed E-state index contributed by atoms with van der Waals surface area (Å²) >= 11 is 0. The Kier molecular flexibility index (Phi) is 7.97. The van der Waals surface area contributed by atoms with Gasteiger partial charge in [0.2, 0.25) is 5.91 Å². The van der Waals surface area contributed by atoms with Crippen molar-refractivity contribution < 1.29 is 4.79 Å². The van der Waals surface area contributed by atoms with E-state index in [1.165, 1.54) is 16.8 Å². The molecule has 1 aliphatic heterocycles. The Morgan fingerprint density at radius 3 is 2.79 bits per heavy atom. The summed E-state index contributed by atoms with van der Waals surface area (Å²) in [6.45, 7) is 7.78. The van der Waals surface area contributed by atoms with E-state index >= 15 is 0 Å². The van der Waals surface area contributed by atoms with E-state index in [-0.39, 0.29) is 11.8 Å². The van der Waals surface area contributed by atoms with Crippen LogP contribution in [0.1, 0.15) is 49.4 Å². The molecule has 1 aromatic heterocycles. The summed E-state index contributed by atoms with van der Waals surface area (Å²) in [6.07, 6.45) is 24.5. The molecule has 1 amide bonds. The molecule has 155 valence electrons. The van der Waals surface area contributed by atoms with Crippen molar-refractivity contribution in [1.29, 1.82) is 0 Å². The van der Waals surface area contributed by atoms with Gasteiger partial charge in [0.15, 0.2) is 0 Å². The Hall–Kier alpha value is -2.49. The molecule has 1 aromatic rings. The molecule has 2 heterocycles. The van der Waals surface area contributed by atoms with Crippen molar-refractivity contribution in [3.63, 3.8) is 0 Å². The number of fused-ring (bicyclic) bond motifs is 1. The van der Waals surface area contributed by atoms with E-state index in [1.807, 2.05) is 36.7 Å². The van der Waals surface area contributed by atoms with Crippen molar-refractivity contribution in [1.82, 2.24) is 15.2 Å². The van der Waals surface area contributed by atoms with Crippen molar-refractivity contribution in [3.05, 3.63) is 72.7 Å². The third-order valence-corrected chi connectivity index (χ3v) is 5.83. The molecule has 0 saturated heterocycles. The van der Waals surface area contributed by atoms with Crippen LogP contribution in [0.4, 0.5) is 0 Å². The Morgan fingerprint density at radius 1 is 1.24 bits per heavy atom. The van der Waals surface area contributed by atoms with Gasteiger partial charge in [0.05, 0.1) is 0 Å². The minimum absolute atomic E-state index is 0.0158. The Balaban J connectivity index is 1.59. The predicted molar refractivity (Wildman–Crippen MR) is 121 cm³/mol. The third kappa shape index (κ3) is 6.25. The van der Waals surface area contributed by atoms with E-state index in [0.717, 1.165) is 45.1 Å². The molecule has 29 heavy (non-hydrogen) atoms. The van der Waals surface area contributed by atoms with Gasteiger partial charge in [-0.2, -0.15) is 0 Å². The monoisotopic (exact) mass is 392 g/mol. The minimum atomic E-state index is -0.0158.